The number of nitrogens with one attached hydrogen (secondary N) is 3. The van der Waals surface area contributed by atoms with Gasteiger partial charge in [0.25, 0.3) is 5.56 Å². The van der Waals surface area contributed by atoms with Crippen LogP contribution in [-0.4, -0.2) is 21.5 Å². The molecule has 0 atom stereocenters. The van der Waals surface area contributed by atoms with E-state index in [0.717, 1.165) is 11.3 Å². The number of hydrogen-bond donors (Lipinski definition) is 4. The van der Waals surface area contributed by atoms with Crippen molar-refractivity contribution in [2.45, 2.75) is 0 Å². The molecule has 1 aromatic heterocycles. The fourth-order valence-corrected chi connectivity index (χ4v) is 2.01. The lowest BCUT2D eigenvalue weighted by molar-refractivity contribution is 0.480. The zero-order chi connectivity index (χ0) is 14.1. The number of aromatic nitrogens is 2. The van der Waals surface area contributed by atoms with Gasteiger partial charge in [-0.25, -0.2) is 4.79 Å². The van der Waals surface area contributed by atoms with Crippen molar-refractivity contribution >= 4 is 17.2 Å². The predicted molar refractivity (Wildman–Crippen MR) is 76.8 cm³/mol. The molecule has 0 saturated heterocycles. The lowest BCUT2D eigenvalue weighted by Gasteiger charge is -2.34. The van der Waals surface area contributed by atoms with E-state index < -0.39 is 11.2 Å². The van der Waals surface area contributed by atoms with E-state index in [-0.39, 0.29) is 11.5 Å². The number of anilines is 2. The van der Waals surface area contributed by atoms with E-state index in [1.54, 1.807) is 5.01 Å². The zero-order valence-electron chi connectivity index (χ0n) is 10.5. The van der Waals surface area contributed by atoms with Gasteiger partial charge in [-0.1, -0.05) is 30.3 Å². The Bertz CT molecular complexity index is 775. The van der Waals surface area contributed by atoms with Gasteiger partial charge in [0.15, 0.2) is 5.69 Å². The van der Waals surface area contributed by atoms with Crippen LogP contribution in [0.3, 0.4) is 0 Å². The van der Waals surface area contributed by atoms with Crippen molar-refractivity contribution in [1.82, 2.24) is 15.0 Å². The number of hydrazine groups is 1. The molecule has 102 valence electrons. The minimum absolute atomic E-state index is 0.0121. The van der Waals surface area contributed by atoms with Crippen molar-refractivity contribution in [3.8, 4) is 0 Å². The molecular weight excluding hydrogens is 258 g/mol. The van der Waals surface area contributed by atoms with E-state index in [1.807, 2.05) is 36.4 Å². The number of hydrogen-bond acceptors (Lipinski definition) is 5. The first-order valence-electron chi connectivity index (χ1n) is 6.07. The van der Waals surface area contributed by atoms with Crippen LogP contribution in [0.2, 0.25) is 0 Å². The maximum atomic E-state index is 11.7. The lowest BCUT2D eigenvalue weighted by Crippen LogP contribution is -2.39. The second-order valence-corrected chi connectivity index (χ2v) is 4.37. The van der Waals surface area contributed by atoms with Crippen LogP contribution < -0.4 is 22.4 Å². The van der Waals surface area contributed by atoms with Crippen molar-refractivity contribution in [3.05, 3.63) is 62.8 Å². The van der Waals surface area contributed by atoms with Crippen LogP contribution in [0.4, 0.5) is 11.5 Å². The van der Waals surface area contributed by atoms with Crippen LogP contribution in [-0.2, 0) is 0 Å². The molecule has 5 N–H and O–H groups in total. The molecule has 3 rings (SSSR count). The largest absolute Gasteiger partial charge is 0.383 e. The Morgan fingerprint density at radius 1 is 1.15 bits per heavy atom. The summed E-state index contributed by atoms with van der Waals surface area (Å²) in [6.07, 6.45) is 2.03. The molecule has 0 radical (unpaired) electrons. The average Bonchev–Trinajstić information content (AvgIpc) is 2.37. The third kappa shape index (κ3) is 2.05. The SMILES string of the molecule is Nc1[nH]c(=O)[nH]c(=O)c1NN1CC=C1c1ccccc1. The number of nitrogens with zero attached hydrogens (tertiary/aromatic N) is 1. The number of benzene rings is 1. The molecule has 0 bridgehead atoms. The number of nitrogen functional groups attached to an aromatic ring is 1. The van der Waals surface area contributed by atoms with Crippen LogP contribution in [0.25, 0.3) is 5.70 Å². The highest BCUT2D eigenvalue weighted by molar-refractivity contribution is 5.71. The summed E-state index contributed by atoms with van der Waals surface area (Å²) in [5.41, 5.74) is 9.51. The first kappa shape index (κ1) is 12.1. The standard InChI is InChI=1S/C13H13N5O2/c14-11-10(12(19)16-13(20)15-11)17-18-7-6-9(18)8-4-2-1-3-5-8/h1-6,17H,7H2,(H4,14,15,16,19,20). The Morgan fingerprint density at radius 2 is 1.90 bits per heavy atom. The van der Waals surface area contributed by atoms with E-state index in [1.165, 1.54) is 0 Å². The van der Waals surface area contributed by atoms with E-state index in [4.69, 9.17) is 5.73 Å². The minimum Gasteiger partial charge on any atom is -0.383 e. The van der Waals surface area contributed by atoms with Crippen molar-refractivity contribution in [2.75, 3.05) is 17.7 Å². The smallest absolute Gasteiger partial charge is 0.327 e. The predicted octanol–water partition coefficient (Wildman–Crippen LogP) is 0.329. The molecule has 20 heavy (non-hydrogen) atoms. The lowest BCUT2D eigenvalue weighted by atomic mass is 10.1. The Kier molecular flexibility index (Phi) is 2.79. The molecule has 2 heterocycles. The molecule has 2 aromatic rings. The van der Waals surface area contributed by atoms with Gasteiger partial charge in [-0.3, -0.25) is 25.2 Å². The second-order valence-electron chi connectivity index (χ2n) is 4.37. The first-order valence-corrected chi connectivity index (χ1v) is 6.07. The van der Waals surface area contributed by atoms with Crippen LogP contribution in [0, 0.1) is 0 Å². The summed E-state index contributed by atoms with van der Waals surface area (Å²) in [7, 11) is 0. The van der Waals surface area contributed by atoms with Gasteiger partial charge in [0.05, 0.1) is 12.2 Å². The van der Waals surface area contributed by atoms with Crippen LogP contribution in [0.15, 0.2) is 46.0 Å². The van der Waals surface area contributed by atoms with Crippen LogP contribution in [0.1, 0.15) is 5.56 Å². The maximum Gasteiger partial charge on any atom is 0.327 e. The van der Waals surface area contributed by atoms with Crippen molar-refractivity contribution in [3.63, 3.8) is 0 Å². The summed E-state index contributed by atoms with van der Waals surface area (Å²) in [5.74, 6) is 0.0121. The van der Waals surface area contributed by atoms with Gasteiger partial charge in [0.2, 0.25) is 0 Å². The highest BCUT2D eigenvalue weighted by Crippen LogP contribution is 2.26. The fraction of sp³-hybridized carbons (Fsp3) is 0.0769. The van der Waals surface area contributed by atoms with Gasteiger partial charge in [-0.15, -0.1) is 0 Å². The molecule has 0 unspecified atom stereocenters. The highest BCUT2D eigenvalue weighted by Gasteiger charge is 2.20. The number of nitrogens with two attached hydrogens (primary N) is 1. The maximum absolute atomic E-state index is 11.7. The first-order chi connectivity index (χ1) is 9.65. The molecule has 7 heteroatoms. The van der Waals surface area contributed by atoms with E-state index in [2.05, 4.69) is 15.4 Å². The number of H-pyrrole nitrogens is 2. The Morgan fingerprint density at radius 3 is 2.50 bits per heavy atom. The molecule has 1 aliphatic rings. The van der Waals surface area contributed by atoms with E-state index in [0.29, 0.717) is 6.54 Å². The van der Waals surface area contributed by atoms with Gasteiger partial charge in [0, 0.05) is 0 Å². The quantitative estimate of drug-likeness (QED) is 0.643. The molecule has 1 aromatic carbocycles. The summed E-state index contributed by atoms with van der Waals surface area (Å²) < 4.78 is 0. The zero-order valence-corrected chi connectivity index (χ0v) is 10.5. The van der Waals surface area contributed by atoms with Crippen LogP contribution >= 0.6 is 0 Å². The Labute approximate surface area is 113 Å². The van der Waals surface area contributed by atoms with Crippen molar-refractivity contribution < 1.29 is 0 Å². The third-order valence-corrected chi connectivity index (χ3v) is 3.05. The highest BCUT2D eigenvalue weighted by atomic mass is 16.2. The molecule has 7 nitrogen and oxygen atoms in total. The summed E-state index contributed by atoms with van der Waals surface area (Å²) in [4.78, 5) is 27.3. The summed E-state index contributed by atoms with van der Waals surface area (Å²) >= 11 is 0. The van der Waals surface area contributed by atoms with Crippen molar-refractivity contribution in [1.29, 1.82) is 0 Å². The summed E-state index contributed by atoms with van der Waals surface area (Å²) in [6, 6.07) is 9.76. The number of aromatic amines is 2. The van der Waals surface area contributed by atoms with Gasteiger partial charge >= 0.3 is 5.69 Å². The van der Waals surface area contributed by atoms with Gasteiger partial charge < -0.3 is 5.73 Å². The monoisotopic (exact) mass is 271 g/mol. The number of rotatable bonds is 3. The third-order valence-electron chi connectivity index (χ3n) is 3.05. The molecule has 0 spiro atoms. The molecule has 0 aliphatic carbocycles. The van der Waals surface area contributed by atoms with Gasteiger partial charge in [-0.05, 0) is 11.6 Å². The summed E-state index contributed by atoms with van der Waals surface area (Å²) in [6.45, 7) is 0.641. The Balaban J connectivity index is 1.86. The normalized spacial score (nSPS) is 13.6. The van der Waals surface area contributed by atoms with Gasteiger partial charge in [0.1, 0.15) is 5.82 Å². The topological polar surface area (TPSA) is 107 Å². The molecule has 0 fully saturated rings. The fourth-order valence-electron chi connectivity index (χ4n) is 2.01. The Hall–Kier alpha value is -2.96. The van der Waals surface area contributed by atoms with Crippen LogP contribution in [0.5, 0.6) is 0 Å². The van der Waals surface area contributed by atoms with E-state index in [9.17, 15) is 9.59 Å². The molecule has 1 aliphatic heterocycles. The second kappa shape index (κ2) is 4.61. The van der Waals surface area contributed by atoms with Gasteiger partial charge in [-0.2, -0.15) is 0 Å². The minimum atomic E-state index is -0.625. The average molecular weight is 271 g/mol. The molecule has 0 saturated carbocycles. The summed E-state index contributed by atoms with van der Waals surface area (Å²) in [5, 5.41) is 1.79. The molecule has 0 amide bonds. The van der Waals surface area contributed by atoms with E-state index >= 15 is 0 Å². The molecular formula is C13H13N5O2. The van der Waals surface area contributed by atoms with Crippen molar-refractivity contribution in [2.24, 2.45) is 0 Å².